The topological polar surface area (TPSA) is 42.0 Å². The van der Waals surface area contributed by atoms with Crippen LogP contribution in [0.3, 0.4) is 0 Å². The molecular weight excluding hydrogens is 329 g/mol. The number of carbonyl (C=O) groups is 1. The molecule has 0 saturated carbocycles. The Bertz CT molecular complexity index is 931. The zero-order chi connectivity index (χ0) is 16.6. The first-order valence-electron chi connectivity index (χ1n) is 6.46. The lowest BCUT2D eigenvalue weighted by molar-refractivity contribution is 0.102. The molecule has 23 heavy (non-hydrogen) atoms. The summed E-state index contributed by atoms with van der Waals surface area (Å²) in [5.74, 6) is -2.86. The number of anilines is 1. The Balaban J connectivity index is 1.97. The minimum absolute atomic E-state index is 0.00509. The van der Waals surface area contributed by atoms with Crippen molar-refractivity contribution in [2.45, 2.75) is 0 Å². The Morgan fingerprint density at radius 1 is 1.00 bits per heavy atom. The van der Waals surface area contributed by atoms with Crippen LogP contribution in [0, 0.1) is 17.5 Å². The predicted octanol–water partition coefficient (Wildman–Crippen LogP) is 4.56. The normalized spacial score (nSPS) is 10.8. The first kappa shape index (κ1) is 15.3. The summed E-state index contributed by atoms with van der Waals surface area (Å²) in [6, 6.07) is 8.03. The van der Waals surface area contributed by atoms with Gasteiger partial charge in [-0.2, -0.15) is 0 Å². The number of rotatable bonds is 2. The van der Waals surface area contributed by atoms with Gasteiger partial charge in [0.1, 0.15) is 22.6 Å². The average molecular weight is 337 g/mol. The molecule has 0 unspecified atom stereocenters. The van der Waals surface area contributed by atoms with E-state index in [9.17, 15) is 18.0 Å². The molecule has 0 fully saturated rings. The monoisotopic (exact) mass is 336 g/mol. The highest BCUT2D eigenvalue weighted by Gasteiger charge is 2.15. The number of hydrogen-bond donors (Lipinski definition) is 1. The van der Waals surface area contributed by atoms with Crippen LogP contribution >= 0.6 is 11.6 Å². The van der Waals surface area contributed by atoms with Gasteiger partial charge >= 0.3 is 0 Å². The maximum absolute atomic E-state index is 13.6. The van der Waals surface area contributed by atoms with Crippen molar-refractivity contribution in [3.8, 4) is 0 Å². The summed E-state index contributed by atoms with van der Waals surface area (Å²) in [6.07, 6.45) is 0. The molecule has 0 aliphatic carbocycles. The summed E-state index contributed by atoms with van der Waals surface area (Å²) in [5, 5.41) is 2.64. The molecule has 0 aliphatic rings. The number of hydrogen-bond acceptors (Lipinski definition) is 2. The summed E-state index contributed by atoms with van der Waals surface area (Å²) >= 11 is 5.93. The van der Waals surface area contributed by atoms with Gasteiger partial charge in [0.15, 0.2) is 0 Å². The zero-order valence-corrected chi connectivity index (χ0v) is 12.2. The minimum atomic E-state index is -0.912. The molecule has 1 heterocycles. The molecule has 7 heteroatoms. The number of nitrogens with zero attached hydrogens (tertiary/aromatic N) is 1. The average Bonchev–Trinajstić information content (AvgIpc) is 2.49. The molecule has 2 aromatic carbocycles. The second-order valence-corrected chi connectivity index (χ2v) is 5.10. The number of amides is 1. The predicted molar refractivity (Wildman–Crippen MR) is 81.0 cm³/mol. The highest BCUT2D eigenvalue weighted by Crippen LogP contribution is 2.23. The van der Waals surface area contributed by atoms with E-state index >= 15 is 0 Å². The Morgan fingerprint density at radius 2 is 1.70 bits per heavy atom. The van der Waals surface area contributed by atoms with Crippen LogP contribution in [-0.4, -0.2) is 10.9 Å². The zero-order valence-electron chi connectivity index (χ0n) is 11.4. The van der Waals surface area contributed by atoms with Gasteiger partial charge in [-0.15, -0.1) is 0 Å². The van der Waals surface area contributed by atoms with E-state index < -0.39 is 23.4 Å². The number of halogens is 4. The first-order valence-corrected chi connectivity index (χ1v) is 6.84. The highest BCUT2D eigenvalue weighted by molar-refractivity contribution is 6.33. The van der Waals surface area contributed by atoms with Crippen LogP contribution < -0.4 is 5.32 Å². The van der Waals surface area contributed by atoms with Gasteiger partial charge in [0.25, 0.3) is 5.91 Å². The molecule has 0 spiro atoms. The van der Waals surface area contributed by atoms with Crippen LogP contribution in [-0.2, 0) is 0 Å². The van der Waals surface area contributed by atoms with Gasteiger partial charge < -0.3 is 5.32 Å². The second-order valence-electron chi connectivity index (χ2n) is 4.74. The van der Waals surface area contributed by atoms with Gasteiger partial charge in [0.05, 0.1) is 16.8 Å². The molecule has 0 aliphatic heterocycles. The van der Waals surface area contributed by atoms with Gasteiger partial charge in [0, 0.05) is 17.5 Å². The molecule has 116 valence electrons. The SMILES string of the molecule is O=C(Nc1ccc(F)cc1F)c1cc2ccc(F)cc2nc1Cl. The Labute approximate surface area is 133 Å². The lowest BCUT2D eigenvalue weighted by Gasteiger charge is -2.08. The fraction of sp³-hybridized carbons (Fsp3) is 0. The van der Waals surface area contributed by atoms with Gasteiger partial charge in [-0.1, -0.05) is 11.6 Å². The second kappa shape index (κ2) is 5.89. The molecule has 1 aromatic heterocycles. The van der Waals surface area contributed by atoms with E-state index in [1.807, 2.05) is 0 Å². The molecule has 0 saturated heterocycles. The number of aromatic nitrogens is 1. The quantitative estimate of drug-likeness (QED) is 0.697. The van der Waals surface area contributed by atoms with Gasteiger partial charge in [-0.3, -0.25) is 4.79 Å². The molecule has 3 rings (SSSR count). The van der Waals surface area contributed by atoms with Crippen molar-refractivity contribution in [2.24, 2.45) is 0 Å². The molecule has 3 nitrogen and oxygen atoms in total. The third-order valence-electron chi connectivity index (χ3n) is 3.16. The summed E-state index contributed by atoms with van der Waals surface area (Å²) in [6.45, 7) is 0. The van der Waals surface area contributed by atoms with Crippen LogP contribution in [0.1, 0.15) is 10.4 Å². The third-order valence-corrected chi connectivity index (χ3v) is 3.45. The summed E-state index contributed by atoms with van der Waals surface area (Å²) < 4.78 is 39.6. The lowest BCUT2D eigenvalue weighted by Crippen LogP contribution is -2.14. The van der Waals surface area contributed by atoms with Crippen molar-refractivity contribution >= 4 is 34.1 Å². The maximum atomic E-state index is 13.6. The minimum Gasteiger partial charge on any atom is -0.319 e. The van der Waals surface area contributed by atoms with Gasteiger partial charge in [0.2, 0.25) is 0 Å². The lowest BCUT2D eigenvalue weighted by atomic mass is 10.1. The van der Waals surface area contributed by atoms with Crippen molar-refractivity contribution in [3.63, 3.8) is 0 Å². The molecule has 0 radical (unpaired) electrons. The first-order chi connectivity index (χ1) is 10.9. The van der Waals surface area contributed by atoms with Crippen molar-refractivity contribution < 1.29 is 18.0 Å². The van der Waals surface area contributed by atoms with E-state index in [0.717, 1.165) is 12.1 Å². The van der Waals surface area contributed by atoms with E-state index in [4.69, 9.17) is 11.6 Å². The fourth-order valence-electron chi connectivity index (χ4n) is 2.06. The van der Waals surface area contributed by atoms with Crippen LogP contribution in [0.2, 0.25) is 5.15 Å². The number of carbonyl (C=O) groups excluding carboxylic acids is 1. The van der Waals surface area contributed by atoms with Crippen molar-refractivity contribution in [3.05, 3.63) is 70.6 Å². The molecule has 1 amide bonds. The largest absolute Gasteiger partial charge is 0.319 e. The molecule has 1 N–H and O–H groups in total. The molecular formula is C16H8ClF3N2O. The van der Waals surface area contributed by atoms with Crippen LogP contribution in [0.4, 0.5) is 18.9 Å². The van der Waals surface area contributed by atoms with E-state index in [2.05, 4.69) is 10.3 Å². The van der Waals surface area contributed by atoms with Gasteiger partial charge in [-0.25, -0.2) is 18.2 Å². The summed E-state index contributed by atoms with van der Waals surface area (Å²) in [5.41, 5.74) is 0.0979. The molecule has 0 atom stereocenters. The van der Waals surface area contributed by atoms with Gasteiger partial charge in [-0.05, 0) is 30.3 Å². The fourth-order valence-corrected chi connectivity index (χ4v) is 2.29. The smallest absolute Gasteiger partial charge is 0.258 e. The molecule has 3 aromatic rings. The summed E-state index contributed by atoms with van der Waals surface area (Å²) in [7, 11) is 0. The van der Waals surface area contributed by atoms with E-state index in [0.29, 0.717) is 17.0 Å². The van der Waals surface area contributed by atoms with Crippen molar-refractivity contribution in [2.75, 3.05) is 5.32 Å². The number of benzene rings is 2. The maximum Gasteiger partial charge on any atom is 0.258 e. The van der Waals surface area contributed by atoms with Crippen LogP contribution in [0.25, 0.3) is 10.9 Å². The summed E-state index contributed by atoms with van der Waals surface area (Å²) in [4.78, 5) is 16.2. The van der Waals surface area contributed by atoms with Crippen LogP contribution in [0.5, 0.6) is 0 Å². The Kier molecular flexibility index (Phi) is 3.92. The number of nitrogens with one attached hydrogen (secondary N) is 1. The molecule has 0 bridgehead atoms. The van der Waals surface area contributed by atoms with E-state index in [-0.39, 0.29) is 16.4 Å². The Hall–Kier alpha value is -2.60. The van der Waals surface area contributed by atoms with Crippen molar-refractivity contribution in [1.82, 2.24) is 4.98 Å². The van der Waals surface area contributed by atoms with E-state index in [1.54, 1.807) is 0 Å². The third kappa shape index (κ3) is 3.12. The van der Waals surface area contributed by atoms with Crippen LogP contribution in [0.15, 0.2) is 42.5 Å². The standard InChI is InChI=1S/C16H8ClF3N2O/c17-15-11(5-8-1-2-10(19)7-14(8)21-15)16(23)22-13-4-3-9(18)6-12(13)20/h1-7H,(H,22,23). The van der Waals surface area contributed by atoms with E-state index in [1.165, 1.54) is 24.3 Å². The highest BCUT2D eigenvalue weighted by atomic mass is 35.5. The Morgan fingerprint density at radius 3 is 2.43 bits per heavy atom. The van der Waals surface area contributed by atoms with Crippen molar-refractivity contribution in [1.29, 1.82) is 0 Å². The number of pyridine rings is 1. The number of fused-ring (bicyclic) bond motifs is 1.